The normalized spacial score (nSPS) is 10.2. The topological polar surface area (TPSA) is 62.6 Å². The minimum Gasteiger partial charge on any atom is -0.493 e. The lowest BCUT2D eigenvalue weighted by Gasteiger charge is -2.14. The van der Waals surface area contributed by atoms with Crippen LogP contribution in [0.15, 0.2) is 24.5 Å². The van der Waals surface area contributed by atoms with Crippen molar-refractivity contribution in [3.63, 3.8) is 0 Å². The third kappa shape index (κ3) is 2.74. The summed E-state index contributed by atoms with van der Waals surface area (Å²) in [5.74, 6) is 2.11. The molecule has 0 unspecified atom stereocenters. The van der Waals surface area contributed by atoms with Gasteiger partial charge in [0.1, 0.15) is 18.7 Å². The van der Waals surface area contributed by atoms with E-state index < -0.39 is 0 Å². The largest absolute Gasteiger partial charge is 0.493 e. The maximum absolute atomic E-state index is 10.9. The summed E-state index contributed by atoms with van der Waals surface area (Å²) in [6, 6.07) is 3.20. The molecule has 0 atom stereocenters. The van der Waals surface area contributed by atoms with Crippen molar-refractivity contribution < 1.29 is 19.0 Å². The minimum atomic E-state index is 0.274. The maximum atomic E-state index is 10.9. The second-order valence-corrected chi connectivity index (χ2v) is 4.12. The number of hydrogen-bond acceptors (Lipinski definition) is 5. The summed E-state index contributed by atoms with van der Waals surface area (Å²) in [5.41, 5.74) is 0.461. The van der Waals surface area contributed by atoms with Crippen molar-refractivity contribution >= 4 is 6.29 Å². The lowest BCUT2D eigenvalue weighted by atomic mass is 10.2. The number of rotatable bonds is 6. The van der Waals surface area contributed by atoms with E-state index in [1.54, 1.807) is 18.3 Å². The van der Waals surface area contributed by atoms with Crippen molar-refractivity contribution in [1.29, 1.82) is 0 Å². The number of aldehydes is 1. The van der Waals surface area contributed by atoms with Crippen molar-refractivity contribution in [2.75, 3.05) is 14.2 Å². The first-order valence-corrected chi connectivity index (χ1v) is 5.99. The van der Waals surface area contributed by atoms with Crippen molar-refractivity contribution in [3.8, 4) is 17.2 Å². The fourth-order valence-corrected chi connectivity index (χ4v) is 1.78. The van der Waals surface area contributed by atoms with Crippen molar-refractivity contribution in [3.05, 3.63) is 35.9 Å². The molecule has 0 aliphatic carbocycles. The van der Waals surface area contributed by atoms with Crippen LogP contribution in [0, 0.1) is 0 Å². The van der Waals surface area contributed by atoms with Gasteiger partial charge < -0.3 is 18.8 Å². The highest BCUT2D eigenvalue weighted by atomic mass is 16.5. The van der Waals surface area contributed by atoms with Gasteiger partial charge >= 0.3 is 0 Å². The molecule has 20 heavy (non-hydrogen) atoms. The number of aromatic nitrogens is 2. The zero-order chi connectivity index (χ0) is 14.5. The highest BCUT2D eigenvalue weighted by Crippen LogP contribution is 2.38. The second kappa shape index (κ2) is 6.10. The van der Waals surface area contributed by atoms with Gasteiger partial charge in [0, 0.05) is 25.0 Å². The summed E-state index contributed by atoms with van der Waals surface area (Å²) in [4.78, 5) is 15.1. The predicted octanol–water partition coefficient (Wildman–Crippen LogP) is 1.83. The third-order valence-electron chi connectivity index (χ3n) is 2.89. The Bertz CT molecular complexity index is 582. The number of nitrogens with zero attached hydrogens (tertiary/aromatic N) is 2. The Morgan fingerprint density at radius 1 is 1.25 bits per heavy atom. The van der Waals surface area contributed by atoms with Crippen LogP contribution in [0.4, 0.5) is 0 Å². The Labute approximate surface area is 116 Å². The molecule has 0 fully saturated rings. The van der Waals surface area contributed by atoms with Crippen LogP contribution in [0.3, 0.4) is 0 Å². The van der Waals surface area contributed by atoms with Gasteiger partial charge in [0.2, 0.25) is 5.75 Å². The Balaban J connectivity index is 2.29. The molecule has 106 valence electrons. The average molecular weight is 276 g/mol. The van der Waals surface area contributed by atoms with E-state index in [2.05, 4.69) is 4.98 Å². The van der Waals surface area contributed by atoms with Crippen LogP contribution in [-0.2, 0) is 13.7 Å². The molecular formula is C14H16N2O4. The summed E-state index contributed by atoms with van der Waals surface area (Å²) < 4.78 is 18.1. The number of imidazole rings is 1. The zero-order valence-electron chi connectivity index (χ0n) is 11.6. The van der Waals surface area contributed by atoms with Crippen LogP contribution in [-0.4, -0.2) is 30.1 Å². The molecule has 0 aliphatic heterocycles. The van der Waals surface area contributed by atoms with E-state index in [9.17, 15) is 4.79 Å². The van der Waals surface area contributed by atoms with Gasteiger partial charge in [-0.1, -0.05) is 0 Å². The summed E-state index contributed by atoms with van der Waals surface area (Å²) in [6.07, 6.45) is 4.26. The Morgan fingerprint density at radius 3 is 2.35 bits per heavy atom. The summed E-state index contributed by atoms with van der Waals surface area (Å²) in [6.45, 7) is 0.274. The fraction of sp³-hybridized carbons (Fsp3) is 0.286. The number of ether oxygens (including phenoxy) is 3. The molecule has 0 N–H and O–H groups in total. The Morgan fingerprint density at radius 2 is 1.90 bits per heavy atom. The number of hydrogen-bond donors (Lipinski definition) is 0. The average Bonchev–Trinajstić information content (AvgIpc) is 2.89. The standard InChI is InChI=1S/C14H16N2O4/c1-16-5-4-15-13(16)9-20-14-11(18-2)6-10(8-17)7-12(14)19-3/h4-8H,9H2,1-3H3. The molecule has 0 aliphatic rings. The van der Waals surface area contributed by atoms with Crippen LogP contribution in [0.1, 0.15) is 16.2 Å². The van der Waals surface area contributed by atoms with E-state index >= 15 is 0 Å². The Hall–Kier alpha value is -2.50. The molecule has 6 nitrogen and oxygen atoms in total. The smallest absolute Gasteiger partial charge is 0.204 e. The monoisotopic (exact) mass is 276 g/mol. The minimum absolute atomic E-state index is 0.274. The lowest BCUT2D eigenvalue weighted by molar-refractivity contribution is 0.112. The van der Waals surface area contributed by atoms with Gasteiger partial charge in [0.25, 0.3) is 0 Å². The van der Waals surface area contributed by atoms with Gasteiger partial charge in [-0.15, -0.1) is 0 Å². The molecule has 0 spiro atoms. The molecule has 1 heterocycles. The van der Waals surface area contributed by atoms with Crippen molar-refractivity contribution in [2.24, 2.45) is 7.05 Å². The molecular weight excluding hydrogens is 260 g/mol. The number of aryl methyl sites for hydroxylation is 1. The van der Waals surface area contributed by atoms with Crippen molar-refractivity contribution in [1.82, 2.24) is 9.55 Å². The quantitative estimate of drug-likeness (QED) is 0.753. The van der Waals surface area contributed by atoms with Crippen LogP contribution >= 0.6 is 0 Å². The molecule has 2 aromatic rings. The molecule has 1 aromatic heterocycles. The lowest BCUT2D eigenvalue weighted by Crippen LogP contribution is -2.05. The van der Waals surface area contributed by atoms with E-state index in [1.807, 2.05) is 17.8 Å². The van der Waals surface area contributed by atoms with E-state index in [0.717, 1.165) is 12.1 Å². The summed E-state index contributed by atoms with van der Waals surface area (Å²) in [5, 5.41) is 0. The zero-order valence-corrected chi connectivity index (χ0v) is 11.6. The number of carbonyl (C=O) groups is 1. The van der Waals surface area contributed by atoms with Gasteiger partial charge in [-0.2, -0.15) is 0 Å². The maximum Gasteiger partial charge on any atom is 0.204 e. The van der Waals surface area contributed by atoms with E-state index in [4.69, 9.17) is 14.2 Å². The second-order valence-electron chi connectivity index (χ2n) is 4.12. The summed E-state index contributed by atoms with van der Waals surface area (Å²) in [7, 11) is 4.91. The molecule has 6 heteroatoms. The predicted molar refractivity (Wildman–Crippen MR) is 72.5 cm³/mol. The first-order valence-electron chi connectivity index (χ1n) is 5.99. The Kier molecular flexibility index (Phi) is 4.24. The third-order valence-corrected chi connectivity index (χ3v) is 2.89. The first kappa shape index (κ1) is 13.9. The number of carbonyl (C=O) groups excluding carboxylic acids is 1. The van der Waals surface area contributed by atoms with Gasteiger partial charge in [0.05, 0.1) is 14.2 Å². The van der Waals surface area contributed by atoms with Crippen LogP contribution in [0.2, 0.25) is 0 Å². The van der Waals surface area contributed by atoms with Crippen LogP contribution in [0.5, 0.6) is 17.2 Å². The molecule has 1 aromatic carbocycles. The molecule has 0 saturated carbocycles. The molecule has 0 bridgehead atoms. The first-order chi connectivity index (χ1) is 9.69. The fourth-order valence-electron chi connectivity index (χ4n) is 1.78. The van der Waals surface area contributed by atoms with E-state index in [-0.39, 0.29) is 6.61 Å². The molecule has 0 saturated heterocycles. The van der Waals surface area contributed by atoms with Crippen LogP contribution in [0.25, 0.3) is 0 Å². The van der Waals surface area contributed by atoms with Gasteiger partial charge in [-0.3, -0.25) is 4.79 Å². The molecule has 2 rings (SSSR count). The highest BCUT2D eigenvalue weighted by Gasteiger charge is 2.15. The number of methoxy groups -OCH3 is 2. The SMILES string of the molecule is COc1cc(C=O)cc(OC)c1OCc1nccn1C. The van der Waals surface area contributed by atoms with E-state index in [0.29, 0.717) is 22.8 Å². The molecule has 0 amide bonds. The molecule has 0 radical (unpaired) electrons. The van der Waals surface area contributed by atoms with Gasteiger partial charge in [-0.05, 0) is 12.1 Å². The van der Waals surface area contributed by atoms with Crippen molar-refractivity contribution in [2.45, 2.75) is 6.61 Å². The van der Waals surface area contributed by atoms with Gasteiger partial charge in [0.15, 0.2) is 11.5 Å². The summed E-state index contributed by atoms with van der Waals surface area (Å²) >= 11 is 0. The van der Waals surface area contributed by atoms with Crippen LogP contribution < -0.4 is 14.2 Å². The number of benzene rings is 1. The van der Waals surface area contributed by atoms with E-state index in [1.165, 1.54) is 14.2 Å². The van der Waals surface area contributed by atoms with Gasteiger partial charge in [-0.25, -0.2) is 4.98 Å². The highest BCUT2D eigenvalue weighted by molar-refractivity contribution is 5.78.